The quantitative estimate of drug-likeness (QED) is 0.282. The topological polar surface area (TPSA) is 84.5 Å². The van der Waals surface area contributed by atoms with Crippen molar-refractivity contribution < 1.29 is 9.18 Å². The molecule has 1 N–H and O–H groups in total. The van der Waals surface area contributed by atoms with E-state index in [-0.39, 0.29) is 28.5 Å². The van der Waals surface area contributed by atoms with Crippen molar-refractivity contribution in [1.82, 2.24) is 30.0 Å². The SMILES string of the molecule is C=CC(=O)N1C[C@H](C)N(c2nc(N3CC(N(CC)CC)C3)nc3c(F)c(-c4c(C)ccc5cn[nH]c45)c(Cl)cc23)C[C@H]1C. The van der Waals surface area contributed by atoms with Crippen LogP contribution in [0.1, 0.15) is 33.3 Å². The number of carbonyl (C=O) groups is 1. The minimum atomic E-state index is -0.486. The third-order valence-corrected chi connectivity index (χ3v) is 9.41. The van der Waals surface area contributed by atoms with E-state index < -0.39 is 5.82 Å². The van der Waals surface area contributed by atoms with Crippen LogP contribution in [0.2, 0.25) is 5.02 Å². The van der Waals surface area contributed by atoms with E-state index in [9.17, 15) is 4.79 Å². The van der Waals surface area contributed by atoms with Crippen LogP contribution < -0.4 is 9.80 Å². The smallest absolute Gasteiger partial charge is 0.246 e. The fraction of sp³-hybridized carbons (Fsp3) is 0.438. The van der Waals surface area contributed by atoms with E-state index in [1.165, 1.54) is 6.08 Å². The van der Waals surface area contributed by atoms with Crippen molar-refractivity contribution in [2.24, 2.45) is 0 Å². The summed E-state index contributed by atoms with van der Waals surface area (Å²) in [5.41, 5.74) is 2.80. The summed E-state index contributed by atoms with van der Waals surface area (Å²) in [4.78, 5) is 31.0. The van der Waals surface area contributed by atoms with Gasteiger partial charge in [0, 0.05) is 66.2 Å². The summed E-state index contributed by atoms with van der Waals surface area (Å²) in [6, 6.07) is 5.93. The fourth-order valence-corrected chi connectivity index (χ4v) is 6.92. The van der Waals surface area contributed by atoms with Gasteiger partial charge in [-0.25, -0.2) is 9.37 Å². The molecule has 4 aromatic rings. The highest BCUT2D eigenvalue weighted by molar-refractivity contribution is 6.35. The molecule has 0 radical (unpaired) electrons. The van der Waals surface area contributed by atoms with Crippen molar-refractivity contribution in [3.05, 3.63) is 53.5 Å². The average molecular weight is 605 g/mol. The number of hydrogen-bond donors (Lipinski definition) is 1. The van der Waals surface area contributed by atoms with Crippen molar-refractivity contribution >= 4 is 51.1 Å². The summed E-state index contributed by atoms with van der Waals surface area (Å²) >= 11 is 6.94. The van der Waals surface area contributed by atoms with Gasteiger partial charge in [0.2, 0.25) is 11.9 Å². The van der Waals surface area contributed by atoms with E-state index in [1.54, 1.807) is 12.3 Å². The molecule has 11 heteroatoms. The molecule has 6 rings (SSSR count). The average Bonchev–Trinajstić information content (AvgIpc) is 3.45. The van der Waals surface area contributed by atoms with Crippen molar-refractivity contribution in [3.63, 3.8) is 0 Å². The van der Waals surface area contributed by atoms with Gasteiger partial charge in [-0.1, -0.05) is 44.2 Å². The van der Waals surface area contributed by atoms with Gasteiger partial charge in [0.1, 0.15) is 11.3 Å². The third kappa shape index (κ3) is 4.90. The van der Waals surface area contributed by atoms with Gasteiger partial charge in [-0.2, -0.15) is 10.1 Å². The molecule has 0 aliphatic carbocycles. The zero-order chi connectivity index (χ0) is 30.6. The molecule has 226 valence electrons. The molecule has 4 heterocycles. The molecule has 0 unspecified atom stereocenters. The van der Waals surface area contributed by atoms with Gasteiger partial charge in [-0.05, 0) is 51.6 Å². The first kappa shape index (κ1) is 29.3. The molecule has 2 aliphatic heterocycles. The number of benzene rings is 2. The van der Waals surface area contributed by atoms with Crippen LogP contribution in [0.5, 0.6) is 0 Å². The van der Waals surface area contributed by atoms with Crippen LogP contribution >= 0.6 is 11.6 Å². The van der Waals surface area contributed by atoms with Crippen molar-refractivity contribution in [1.29, 1.82) is 0 Å². The lowest BCUT2D eigenvalue weighted by molar-refractivity contribution is -0.128. The first-order valence-electron chi connectivity index (χ1n) is 15.0. The van der Waals surface area contributed by atoms with Crippen LogP contribution in [0.25, 0.3) is 32.9 Å². The lowest BCUT2D eigenvalue weighted by Crippen LogP contribution is -2.60. The number of rotatable bonds is 7. The second-order valence-corrected chi connectivity index (χ2v) is 12.1. The van der Waals surface area contributed by atoms with E-state index in [1.807, 2.05) is 30.9 Å². The van der Waals surface area contributed by atoms with Gasteiger partial charge in [-0.3, -0.25) is 14.8 Å². The number of amides is 1. The predicted molar refractivity (Wildman–Crippen MR) is 171 cm³/mol. The summed E-state index contributed by atoms with van der Waals surface area (Å²) in [6.45, 7) is 18.5. The number of piperazine rings is 1. The largest absolute Gasteiger partial charge is 0.349 e. The first-order chi connectivity index (χ1) is 20.7. The Morgan fingerprint density at radius 1 is 1.14 bits per heavy atom. The molecule has 9 nitrogen and oxygen atoms in total. The maximum absolute atomic E-state index is 16.9. The Hall–Kier alpha value is -3.76. The van der Waals surface area contributed by atoms with E-state index in [0.717, 1.165) is 42.6 Å². The summed E-state index contributed by atoms with van der Waals surface area (Å²) in [5.74, 6) is 0.538. The molecule has 0 bridgehead atoms. The molecule has 2 saturated heterocycles. The van der Waals surface area contributed by atoms with E-state index in [4.69, 9.17) is 21.6 Å². The number of aromatic nitrogens is 4. The predicted octanol–water partition coefficient (Wildman–Crippen LogP) is 5.42. The molecule has 43 heavy (non-hydrogen) atoms. The monoisotopic (exact) mass is 604 g/mol. The summed E-state index contributed by atoms with van der Waals surface area (Å²) in [7, 11) is 0. The zero-order valence-corrected chi connectivity index (χ0v) is 26.1. The number of halogens is 2. The summed E-state index contributed by atoms with van der Waals surface area (Å²) < 4.78 is 16.9. The lowest BCUT2D eigenvalue weighted by atomic mass is 9.96. The third-order valence-electron chi connectivity index (χ3n) is 9.12. The van der Waals surface area contributed by atoms with Gasteiger partial charge < -0.3 is 14.7 Å². The highest BCUT2D eigenvalue weighted by Crippen LogP contribution is 2.43. The lowest BCUT2D eigenvalue weighted by Gasteiger charge is -2.46. The highest BCUT2D eigenvalue weighted by Gasteiger charge is 2.36. The van der Waals surface area contributed by atoms with Crippen LogP contribution in [0.3, 0.4) is 0 Å². The fourth-order valence-electron chi connectivity index (χ4n) is 6.63. The number of H-pyrrole nitrogens is 1. The molecule has 2 atom stereocenters. The molecule has 2 aliphatic rings. The Balaban J connectivity index is 1.51. The molecule has 1 amide bonds. The van der Waals surface area contributed by atoms with Crippen molar-refractivity contribution in [2.45, 2.75) is 52.7 Å². The standard InChI is InChI=1S/C32H38ClFN8O/c1-7-25(43)41-14-20(6)42(15-19(41)5)31-23-12-24(33)27(26-18(4)10-11-21-13-35-38-29(21)26)28(34)30(23)36-32(37-31)40-16-22(17-40)39(8-2)9-3/h7,10-13,19-20,22H,1,8-9,14-17H2,2-6H3,(H,35,38)/t19-,20+/m1/s1. The van der Waals surface area contributed by atoms with Crippen LogP contribution in [0.4, 0.5) is 16.2 Å². The number of aromatic amines is 1. The Labute approximate surface area is 256 Å². The number of fused-ring (bicyclic) bond motifs is 2. The molecular weight excluding hydrogens is 567 g/mol. The van der Waals surface area contributed by atoms with Crippen molar-refractivity contribution in [3.8, 4) is 11.1 Å². The Morgan fingerprint density at radius 2 is 1.88 bits per heavy atom. The number of hydrogen-bond acceptors (Lipinski definition) is 7. The highest BCUT2D eigenvalue weighted by atomic mass is 35.5. The molecule has 0 saturated carbocycles. The van der Waals surface area contributed by atoms with Gasteiger partial charge in [-0.15, -0.1) is 0 Å². The van der Waals surface area contributed by atoms with E-state index in [0.29, 0.717) is 47.4 Å². The van der Waals surface area contributed by atoms with E-state index in [2.05, 4.69) is 52.2 Å². The normalized spacial score (nSPS) is 19.5. The summed E-state index contributed by atoms with van der Waals surface area (Å²) in [6.07, 6.45) is 3.07. The molecule has 2 fully saturated rings. The first-order valence-corrected chi connectivity index (χ1v) is 15.4. The van der Waals surface area contributed by atoms with E-state index >= 15 is 4.39 Å². The molecule has 2 aromatic heterocycles. The Bertz CT molecular complexity index is 1710. The van der Waals surface area contributed by atoms with Gasteiger partial charge >= 0.3 is 0 Å². The van der Waals surface area contributed by atoms with Crippen LogP contribution in [-0.2, 0) is 4.79 Å². The number of likely N-dealkylation sites (N-methyl/N-ethyl adjacent to an activating group) is 1. The molecule has 0 spiro atoms. The number of nitrogens with one attached hydrogen (secondary N) is 1. The summed E-state index contributed by atoms with van der Waals surface area (Å²) in [5, 5.41) is 8.92. The van der Waals surface area contributed by atoms with Gasteiger partial charge in [0.25, 0.3) is 0 Å². The molecule has 2 aromatic carbocycles. The van der Waals surface area contributed by atoms with Crippen LogP contribution in [0.15, 0.2) is 37.1 Å². The number of aryl methyl sites for hydroxylation is 1. The van der Waals surface area contributed by atoms with Gasteiger partial charge in [0.05, 0.1) is 16.7 Å². The zero-order valence-electron chi connectivity index (χ0n) is 25.4. The maximum Gasteiger partial charge on any atom is 0.246 e. The van der Waals surface area contributed by atoms with Crippen LogP contribution in [0, 0.1) is 12.7 Å². The van der Waals surface area contributed by atoms with Gasteiger partial charge in [0.15, 0.2) is 5.82 Å². The Kier molecular flexibility index (Phi) is 7.76. The maximum atomic E-state index is 16.9. The van der Waals surface area contributed by atoms with Crippen molar-refractivity contribution in [2.75, 3.05) is 49.1 Å². The number of anilines is 2. The number of nitrogens with zero attached hydrogens (tertiary/aromatic N) is 7. The second kappa shape index (κ2) is 11.4. The Morgan fingerprint density at radius 3 is 2.58 bits per heavy atom. The van der Waals surface area contributed by atoms with Crippen LogP contribution in [-0.4, -0.2) is 93.3 Å². The minimum absolute atomic E-state index is 0.0756. The molecular formula is C32H38ClFN8O. The number of carbonyl (C=O) groups excluding carboxylic acids is 1. The minimum Gasteiger partial charge on any atom is -0.349 e. The second-order valence-electron chi connectivity index (χ2n) is 11.7.